The van der Waals surface area contributed by atoms with E-state index in [0.29, 0.717) is 11.5 Å². The predicted molar refractivity (Wildman–Crippen MR) is 90.7 cm³/mol. The van der Waals surface area contributed by atoms with E-state index >= 15 is 0 Å². The third kappa shape index (κ3) is 4.14. The van der Waals surface area contributed by atoms with Crippen LogP contribution in [0.4, 0.5) is 0 Å². The van der Waals surface area contributed by atoms with Gasteiger partial charge in [0.15, 0.2) is 5.17 Å². The normalized spacial score (nSPS) is 24.4. The molecular formula is C16H31N3S. The number of hydrogen-bond donors (Lipinski definition) is 1. The number of hydrogen-bond acceptors (Lipinski definition) is 4. The molecule has 1 saturated heterocycles. The van der Waals surface area contributed by atoms with Gasteiger partial charge >= 0.3 is 0 Å². The first-order valence-electron chi connectivity index (χ1n) is 8.37. The lowest BCUT2D eigenvalue weighted by Crippen LogP contribution is -2.45. The quantitative estimate of drug-likeness (QED) is 0.843. The van der Waals surface area contributed by atoms with Gasteiger partial charge in [0.05, 0.1) is 0 Å². The summed E-state index contributed by atoms with van der Waals surface area (Å²) in [6.07, 6.45) is 6.32. The summed E-state index contributed by atoms with van der Waals surface area (Å²) < 4.78 is 0. The van der Waals surface area contributed by atoms with Crippen molar-refractivity contribution in [3.63, 3.8) is 0 Å². The maximum absolute atomic E-state index is 4.83. The Hall–Kier alpha value is -0.220. The second-order valence-corrected chi connectivity index (χ2v) is 7.34. The van der Waals surface area contributed by atoms with Crippen LogP contribution in [0.5, 0.6) is 0 Å². The summed E-state index contributed by atoms with van der Waals surface area (Å²) in [6, 6.07) is 0.644. The first-order chi connectivity index (χ1) is 9.71. The summed E-state index contributed by atoms with van der Waals surface area (Å²) in [6.45, 7) is 11.7. The zero-order valence-corrected chi connectivity index (χ0v) is 14.3. The van der Waals surface area contributed by atoms with Gasteiger partial charge in [-0.2, -0.15) is 0 Å². The maximum atomic E-state index is 4.83. The largest absolute Gasteiger partial charge is 0.362 e. The molecular weight excluding hydrogens is 266 g/mol. The number of thioether (sulfide) groups is 1. The van der Waals surface area contributed by atoms with Crippen LogP contribution in [0.2, 0.25) is 0 Å². The Morgan fingerprint density at radius 3 is 2.45 bits per heavy atom. The van der Waals surface area contributed by atoms with Crippen molar-refractivity contribution in [1.82, 2.24) is 10.2 Å². The molecule has 0 bridgehead atoms. The van der Waals surface area contributed by atoms with Crippen LogP contribution in [0.3, 0.4) is 0 Å². The molecule has 1 N–H and O–H groups in total. The summed E-state index contributed by atoms with van der Waals surface area (Å²) in [7, 11) is 0. The van der Waals surface area contributed by atoms with Crippen LogP contribution in [0, 0.1) is 5.41 Å². The van der Waals surface area contributed by atoms with Crippen LogP contribution >= 0.6 is 11.8 Å². The number of likely N-dealkylation sites (tertiary alicyclic amines) is 1. The van der Waals surface area contributed by atoms with E-state index in [9.17, 15) is 0 Å². The molecule has 1 fully saturated rings. The lowest BCUT2D eigenvalue weighted by Gasteiger charge is -2.36. The SMILES string of the molecule is CCCN1CCC(NC2=NCC(CC)(CC)CS2)CC1. The van der Waals surface area contributed by atoms with Gasteiger partial charge in [-0.3, -0.25) is 4.99 Å². The second-order valence-electron chi connectivity index (χ2n) is 6.38. The van der Waals surface area contributed by atoms with Crippen molar-refractivity contribution < 1.29 is 0 Å². The van der Waals surface area contributed by atoms with Crippen molar-refractivity contribution in [2.75, 3.05) is 31.9 Å². The molecule has 4 heteroatoms. The third-order valence-corrected chi connectivity index (χ3v) is 6.31. The summed E-state index contributed by atoms with van der Waals surface area (Å²) in [5.74, 6) is 1.24. The maximum Gasteiger partial charge on any atom is 0.156 e. The van der Waals surface area contributed by atoms with Crippen molar-refractivity contribution in [2.24, 2.45) is 10.4 Å². The number of aliphatic imine (C=N–C) groups is 1. The van der Waals surface area contributed by atoms with Gasteiger partial charge in [-0.1, -0.05) is 32.5 Å². The highest BCUT2D eigenvalue weighted by molar-refractivity contribution is 8.13. The molecule has 0 aromatic heterocycles. The highest BCUT2D eigenvalue weighted by Crippen LogP contribution is 2.35. The second kappa shape index (κ2) is 7.69. The molecule has 0 aromatic carbocycles. The minimum Gasteiger partial charge on any atom is -0.362 e. The molecule has 2 aliphatic heterocycles. The zero-order valence-electron chi connectivity index (χ0n) is 13.5. The Balaban J connectivity index is 1.77. The topological polar surface area (TPSA) is 27.6 Å². The number of nitrogens with one attached hydrogen (secondary N) is 1. The smallest absolute Gasteiger partial charge is 0.156 e. The van der Waals surface area contributed by atoms with E-state index in [-0.39, 0.29) is 0 Å². The molecule has 0 amide bonds. The van der Waals surface area contributed by atoms with Gasteiger partial charge in [0.1, 0.15) is 0 Å². The molecule has 0 radical (unpaired) electrons. The average molecular weight is 298 g/mol. The van der Waals surface area contributed by atoms with E-state index in [4.69, 9.17) is 4.99 Å². The van der Waals surface area contributed by atoms with Crippen LogP contribution in [-0.2, 0) is 0 Å². The van der Waals surface area contributed by atoms with E-state index < -0.39 is 0 Å². The first-order valence-corrected chi connectivity index (χ1v) is 9.36. The molecule has 20 heavy (non-hydrogen) atoms. The molecule has 2 rings (SSSR count). The minimum atomic E-state index is 0.459. The first kappa shape index (κ1) is 16.2. The molecule has 0 spiro atoms. The van der Waals surface area contributed by atoms with Gasteiger partial charge in [0, 0.05) is 31.4 Å². The summed E-state index contributed by atoms with van der Waals surface area (Å²) >= 11 is 1.95. The number of amidine groups is 1. The van der Waals surface area contributed by atoms with Gasteiger partial charge < -0.3 is 10.2 Å². The molecule has 3 nitrogen and oxygen atoms in total. The Morgan fingerprint density at radius 2 is 1.95 bits per heavy atom. The average Bonchev–Trinajstić information content (AvgIpc) is 2.51. The van der Waals surface area contributed by atoms with Gasteiger partial charge in [-0.25, -0.2) is 0 Å². The Morgan fingerprint density at radius 1 is 1.25 bits per heavy atom. The van der Waals surface area contributed by atoms with Gasteiger partial charge in [0.25, 0.3) is 0 Å². The van der Waals surface area contributed by atoms with Gasteiger partial charge in [0.2, 0.25) is 0 Å². The summed E-state index contributed by atoms with van der Waals surface area (Å²) in [4.78, 5) is 7.42. The van der Waals surface area contributed by atoms with Crippen molar-refractivity contribution in [3.05, 3.63) is 0 Å². The van der Waals surface area contributed by atoms with E-state index in [0.717, 1.165) is 6.54 Å². The van der Waals surface area contributed by atoms with Gasteiger partial charge in [-0.15, -0.1) is 0 Å². The van der Waals surface area contributed by atoms with Crippen LogP contribution in [0.15, 0.2) is 4.99 Å². The van der Waals surface area contributed by atoms with Crippen LogP contribution < -0.4 is 5.32 Å². The van der Waals surface area contributed by atoms with Gasteiger partial charge in [-0.05, 0) is 44.1 Å². The summed E-state index contributed by atoms with van der Waals surface area (Å²) in [5.41, 5.74) is 0.459. The summed E-state index contributed by atoms with van der Waals surface area (Å²) in [5, 5.41) is 4.90. The molecule has 0 aromatic rings. The van der Waals surface area contributed by atoms with Crippen LogP contribution in [-0.4, -0.2) is 48.0 Å². The Labute approximate surface area is 129 Å². The van der Waals surface area contributed by atoms with E-state index in [1.54, 1.807) is 0 Å². The van der Waals surface area contributed by atoms with Crippen molar-refractivity contribution in [1.29, 1.82) is 0 Å². The molecule has 2 aliphatic rings. The third-order valence-electron chi connectivity index (χ3n) is 5.03. The highest BCUT2D eigenvalue weighted by Gasteiger charge is 2.31. The molecule has 2 heterocycles. The number of nitrogens with zero attached hydrogens (tertiary/aromatic N) is 2. The van der Waals surface area contributed by atoms with E-state index in [1.807, 2.05) is 11.8 Å². The standard InChI is InChI=1S/C16H31N3S/c1-4-9-19-10-7-14(8-11-19)18-15-17-12-16(5-2,6-3)13-20-15/h14H,4-13H2,1-3H3,(H,17,18). The number of piperidine rings is 1. The number of rotatable bonds is 5. The van der Waals surface area contributed by atoms with E-state index in [2.05, 4.69) is 31.0 Å². The monoisotopic (exact) mass is 297 g/mol. The lowest BCUT2D eigenvalue weighted by molar-refractivity contribution is 0.207. The minimum absolute atomic E-state index is 0.459. The molecule has 0 unspecified atom stereocenters. The van der Waals surface area contributed by atoms with Crippen molar-refractivity contribution >= 4 is 16.9 Å². The Bertz CT molecular complexity index is 318. The fourth-order valence-electron chi connectivity index (χ4n) is 3.11. The van der Waals surface area contributed by atoms with Crippen LogP contribution in [0.1, 0.15) is 52.9 Å². The highest BCUT2D eigenvalue weighted by atomic mass is 32.2. The fraction of sp³-hybridized carbons (Fsp3) is 0.938. The van der Waals surface area contributed by atoms with Crippen molar-refractivity contribution in [2.45, 2.75) is 58.9 Å². The fourth-order valence-corrected chi connectivity index (χ4v) is 4.46. The van der Waals surface area contributed by atoms with Crippen molar-refractivity contribution in [3.8, 4) is 0 Å². The predicted octanol–water partition coefficient (Wildman–Crippen LogP) is 3.36. The van der Waals surface area contributed by atoms with E-state index in [1.165, 1.54) is 62.7 Å². The Kier molecular flexibility index (Phi) is 6.21. The molecule has 0 saturated carbocycles. The van der Waals surface area contributed by atoms with Crippen LogP contribution in [0.25, 0.3) is 0 Å². The lowest BCUT2D eigenvalue weighted by atomic mass is 9.84. The molecule has 116 valence electrons. The zero-order chi connectivity index (χ0) is 14.4. The molecule has 0 aliphatic carbocycles. The molecule has 0 atom stereocenters.